The van der Waals surface area contributed by atoms with Crippen LogP contribution in [0.3, 0.4) is 0 Å². The summed E-state index contributed by atoms with van der Waals surface area (Å²) in [7, 11) is 2.93. The fraction of sp³-hybridized carbons (Fsp3) is 0.172. The molecule has 5 rings (SSSR count). The third kappa shape index (κ3) is 4.69. The monoisotopic (exact) mass is 537 g/mol. The zero-order valence-corrected chi connectivity index (χ0v) is 20.8. The highest BCUT2D eigenvalue weighted by molar-refractivity contribution is 6.16. The Bertz CT molecular complexity index is 1600. The van der Waals surface area contributed by atoms with Crippen molar-refractivity contribution in [3.05, 3.63) is 107 Å². The number of aliphatic hydroxyl groups excluding tert-OH is 1. The number of benzene rings is 3. The number of ketones is 1. The van der Waals surface area contributed by atoms with Gasteiger partial charge >= 0.3 is 6.18 Å². The molecule has 3 aromatic carbocycles. The van der Waals surface area contributed by atoms with Crippen LogP contribution in [-0.2, 0) is 17.5 Å². The number of nitrogens with zero attached hydrogens (tertiary/aromatic N) is 1. The van der Waals surface area contributed by atoms with Crippen molar-refractivity contribution < 1.29 is 41.8 Å². The second kappa shape index (κ2) is 9.86. The molecule has 0 radical (unpaired) electrons. The van der Waals surface area contributed by atoms with Crippen molar-refractivity contribution in [3.8, 4) is 11.5 Å². The lowest BCUT2D eigenvalue weighted by Gasteiger charge is -2.27. The average Bonchev–Trinajstić information content (AvgIpc) is 3.48. The largest absolute Gasteiger partial charge is 0.503 e. The fourth-order valence-electron chi connectivity index (χ4n) is 4.67. The highest BCUT2D eigenvalue weighted by Gasteiger charge is 2.45. The van der Waals surface area contributed by atoms with Gasteiger partial charge in [0.25, 0.3) is 5.91 Å². The summed E-state index contributed by atoms with van der Waals surface area (Å²) in [5.41, 5.74) is -0.203. The lowest BCUT2D eigenvalue weighted by molar-refractivity contribution is -0.137. The molecule has 1 aromatic heterocycles. The highest BCUT2D eigenvalue weighted by Crippen LogP contribution is 2.42. The molecule has 0 saturated heterocycles. The third-order valence-corrected chi connectivity index (χ3v) is 6.54. The Kier molecular flexibility index (Phi) is 6.55. The SMILES string of the molecule is COc1ccc(C2C(C(=O)c3cc4cccc(OC)c4o3)=C(O)C(=O)N2Cc2cccc(C(F)(F)F)c2)cc1. The summed E-state index contributed by atoms with van der Waals surface area (Å²) >= 11 is 0. The van der Waals surface area contributed by atoms with Gasteiger partial charge in [0.15, 0.2) is 22.9 Å². The van der Waals surface area contributed by atoms with Gasteiger partial charge in [0, 0.05) is 11.9 Å². The molecule has 1 unspecified atom stereocenters. The Morgan fingerprint density at radius 2 is 1.72 bits per heavy atom. The van der Waals surface area contributed by atoms with E-state index < -0.39 is 35.2 Å². The first-order valence-corrected chi connectivity index (χ1v) is 11.8. The number of hydrogen-bond donors (Lipinski definition) is 1. The lowest BCUT2D eigenvalue weighted by atomic mass is 9.94. The summed E-state index contributed by atoms with van der Waals surface area (Å²) in [4.78, 5) is 28.2. The van der Waals surface area contributed by atoms with Crippen molar-refractivity contribution in [1.82, 2.24) is 4.90 Å². The zero-order chi connectivity index (χ0) is 27.9. The molecule has 200 valence electrons. The summed E-state index contributed by atoms with van der Waals surface area (Å²) in [6.45, 7) is -0.297. The number of para-hydroxylation sites is 1. The molecular formula is C29H22F3NO6. The van der Waals surface area contributed by atoms with Crippen molar-refractivity contribution in [2.24, 2.45) is 0 Å². The van der Waals surface area contributed by atoms with E-state index in [2.05, 4.69) is 0 Å². The summed E-state index contributed by atoms with van der Waals surface area (Å²) in [5, 5.41) is 11.5. The van der Waals surface area contributed by atoms with E-state index in [9.17, 15) is 27.9 Å². The van der Waals surface area contributed by atoms with Gasteiger partial charge in [0.1, 0.15) is 5.75 Å². The van der Waals surface area contributed by atoms with Gasteiger partial charge in [-0.3, -0.25) is 9.59 Å². The van der Waals surface area contributed by atoms with Crippen molar-refractivity contribution >= 4 is 22.7 Å². The summed E-state index contributed by atoms with van der Waals surface area (Å²) < 4.78 is 56.3. The first kappa shape index (κ1) is 25.9. The van der Waals surface area contributed by atoms with Gasteiger partial charge in [-0.25, -0.2) is 0 Å². The van der Waals surface area contributed by atoms with E-state index >= 15 is 0 Å². The second-order valence-corrected chi connectivity index (χ2v) is 8.89. The quantitative estimate of drug-likeness (QED) is 0.281. The van der Waals surface area contributed by atoms with Crippen LogP contribution in [-0.4, -0.2) is 35.9 Å². The molecule has 0 saturated carbocycles. The van der Waals surface area contributed by atoms with Gasteiger partial charge in [-0.15, -0.1) is 0 Å². The number of rotatable bonds is 7. The highest BCUT2D eigenvalue weighted by atomic mass is 19.4. The Morgan fingerprint density at radius 3 is 2.38 bits per heavy atom. The molecule has 10 heteroatoms. The van der Waals surface area contributed by atoms with E-state index in [0.717, 1.165) is 17.0 Å². The van der Waals surface area contributed by atoms with Crippen LogP contribution >= 0.6 is 0 Å². The van der Waals surface area contributed by atoms with Crippen molar-refractivity contribution in [3.63, 3.8) is 0 Å². The Hall–Kier alpha value is -4.73. The fourth-order valence-corrected chi connectivity index (χ4v) is 4.67. The van der Waals surface area contributed by atoms with E-state index in [0.29, 0.717) is 28.0 Å². The predicted molar refractivity (Wildman–Crippen MR) is 134 cm³/mol. The van der Waals surface area contributed by atoms with E-state index in [-0.39, 0.29) is 23.4 Å². The van der Waals surface area contributed by atoms with Crippen molar-refractivity contribution in [2.75, 3.05) is 14.2 Å². The zero-order valence-electron chi connectivity index (χ0n) is 20.8. The molecule has 0 bridgehead atoms. The number of furan rings is 1. The molecule has 0 aliphatic carbocycles. The summed E-state index contributed by atoms with van der Waals surface area (Å²) in [6.07, 6.45) is -4.58. The number of aliphatic hydroxyl groups is 1. The molecule has 7 nitrogen and oxygen atoms in total. The Labute approximate surface area is 220 Å². The minimum atomic E-state index is -4.58. The van der Waals surface area contributed by atoms with Crippen LogP contribution in [0.1, 0.15) is 33.3 Å². The van der Waals surface area contributed by atoms with Crippen LogP contribution in [0.5, 0.6) is 11.5 Å². The first-order chi connectivity index (χ1) is 18.6. The lowest BCUT2D eigenvalue weighted by Crippen LogP contribution is -2.30. The van der Waals surface area contributed by atoms with E-state index in [1.54, 1.807) is 42.5 Å². The van der Waals surface area contributed by atoms with Gasteiger partial charge < -0.3 is 23.9 Å². The summed E-state index contributed by atoms with van der Waals surface area (Å²) in [5.74, 6) is -1.68. The van der Waals surface area contributed by atoms with Gasteiger partial charge in [0.2, 0.25) is 5.78 Å². The third-order valence-electron chi connectivity index (χ3n) is 6.54. The molecule has 2 heterocycles. The molecule has 1 aliphatic rings. The minimum absolute atomic E-state index is 0.136. The maximum atomic E-state index is 13.8. The van der Waals surface area contributed by atoms with E-state index in [1.165, 1.54) is 32.4 Å². The molecule has 1 amide bonds. The van der Waals surface area contributed by atoms with Crippen LogP contribution in [0.25, 0.3) is 11.0 Å². The van der Waals surface area contributed by atoms with E-state index in [4.69, 9.17) is 13.9 Å². The number of Topliss-reactive ketones (excluding diaryl/α,β-unsaturated/α-hetero) is 1. The number of fused-ring (bicyclic) bond motifs is 1. The van der Waals surface area contributed by atoms with Crippen LogP contribution in [0, 0.1) is 0 Å². The van der Waals surface area contributed by atoms with Crippen LogP contribution in [0.15, 0.2) is 88.5 Å². The standard InChI is InChI=1S/C29H22F3NO6/c1-37-20-11-9-17(10-12-20)24-23(25(34)22-14-18-6-4-8-21(38-2)27(18)39-22)26(35)28(36)33(24)15-16-5-3-7-19(13-16)29(30,31)32/h3-14,24,35H,15H2,1-2H3. The molecular weight excluding hydrogens is 515 g/mol. The van der Waals surface area contributed by atoms with Gasteiger partial charge in [-0.05, 0) is 47.5 Å². The molecule has 0 spiro atoms. The number of halogens is 3. The van der Waals surface area contributed by atoms with Crippen LogP contribution in [0.4, 0.5) is 13.2 Å². The number of amides is 1. The Morgan fingerprint density at radius 1 is 1.00 bits per heavy atom. The first-order valence-electron chi connectivity index (χ1n) is 11.8. The Balaban J connectivity index is 1.59. The van der Waals surface area contributed by atoms with Gasteiger partial charge in [0.05, 0.1) is 31.4 Å². The van der Waals surface area contributed by atoms with Crippen molar-refractivity contribution in [2.45, 2.75) is 18.8 Å². The number of alkyl halides is 3. The summed E-state index contributed by atoms with van der Waals surface area (Å²) in [6, 6.07) is 16.5. The van der Waals surface area contributed by atoms with Crippen LogP contribution in [0.2, 0.25) is 0 Å². The van der Waals surface area contributed by atoms with Crippen LogP contribution < -0.4 is 9.47 Å². The number of ether oxygens (including phenoxy) is 2. The normalized spacial score (nSPS) is 15.8. The molecule has 1 N–H and O–H groups in total. The predicted octanol–water partition coefficient (Wildman–Crippen LogP) is 6.25. The number of methoxy groups -OCH3 is 2. The maximum absolute atomic E-state index is 13.8. The van der Waals surface area contributed by atoms with Crippen molar-refractivity contribution in [1.29, 1.82) is 0 Å². The second-order valence-electron chi connectivity index (χ2n) is 8.89. The van der Waals surface area contributed by atoms with Gasteiger partial charge in [-0.2, -0.15) is 13.2 Å². The maximum Gasteiger partial charge on any atom is 0.416 e. The molecule has 39 heavy (non-hydrogen) atoms. The molecule has 0 fully saturated rings. The van der Waals surface area contributed by atoms with E-state index in [1.807, 2.05) is 0 Å². The van der Waals surface area contributed by atoms with Gasteiger partial charge in [-0.1, -0.05) is 36.4 Å². The topological polar surface area (TPSA) is 89.2 Å². The smallest absolute Gasteiger partial charge is 0.416 e. The number of carbonyl (C=O) groups excluding carboxylic acids is 2. The average molecular weight is 537 g/mol. The molecule has 1 atom stereocenters. The molecule has 4 aromatic rings. The number of carbonyl (C=O) groups is 2. The molecule has 1 aliphatic heterocycles. The number of hydrogen-bond acceptors (Lipinski definition) is 6. The minimum Gasteiger partial charge on any atom is -0.503 e.